The third-order valence-electron chi connectivity index (χ3n) is 2.99. The van der Waals surface area contributed by atoms with Crippen molar-refractivity contribution in [3.05, 3.63) is 23.8 Å². The molecular weight excluding hydrogens is 256 g/mol. The molecule has 20 heavy (non-hydrogen) atoms. The summed E-state index contributed by atoms with van der Waals surface area (Å²) in [6.45, 7) is 4.39. The minimum Gasteiger partial charge on any atom is -0.497 e. The Bertz CT molecular complexity index is 372. The van der Waals surface area contributed by atoms with Gasteiger partial charge >= 0.3 is 0 Å². The summed E-state index contributed by atoms with van der Waals surface area (Å²) in [6, 6.07) is 5.84. The molecule has 0 fully saturated rings. The fraction of sp³-hybridized carbons (Fsp3) is 0.600. The second-order valence-electron chi connectivity index (χ2n) is 4.45. The monoisotopic (exact) mass is 282 g/mol. The second kappa shape index (κ2) is 10.5. The molecule has 0 aliphatic rings. The van der Waals surface area contributed by atoms with E-state index in [1.165, 1.54) is 0 Å². The first-order valence-electron chi connectivity index (χ1n) is 6.93. The van der Waals surface area contributed by atoms with E-state index < -0.39 is 0 Å². The summed E-state index contributed by atoms with van der Waals surface area (Å²) in [4.78, 5) is 0. The lowest BCUT2D eigenvalue weighted by Crippen LogP contribution is -2.24. The van der Waals surface area contributed by atoms with Crippen molar-refractivity contribution in [2.75, 3.05) is 47.6 Å². The van der Waals surface area contributed by atoms with E-state index in [0.29, 0.717) is 0 Å². The van der Waals surface area contributed by atoms with Crippen LogP contribution >= 0.6 is 0 Å². The van der Waals surface area contributed by atoms with Crippen LogP contribution in [0.5, 0.6) is 11.5 Å². The molecule has 114 valence electrons. The van der Waals surface area contributed by atoms with Crippen molar-refractivity contribution >= 4 is 0 Å². The summed E-state index contributed by atoms with van der Waals surface area (Å²) in [7, 11) is 5.07. The zero-order chi connectivity index (χ0) is 14.6. The van der Waals surface area contributed by atoms with Crippen molar-refractivity contribution in [2.24, 2.45) is 0 Å². The van der Waals surface area contributed by atoms with Gasteiger partial charge in [-0.25, -0.2) is 0 Å². The number of hydrogen-bond acceptors (Lipinski definition) is 5. The first-order valence-corrected chi connectivity index (χ1v) is 6.93. The summed E-state index contributed by atoms with van der Waals surface area (Å²) < 4.78 is 15.5. The van der Waals surface area contributed by atoms with Gasteiger partial charge in [-0.1, -0.05) is 0 Å². The average molecular weight is 282 g/mol. The Kier molecular flexibility index (Phi) is 8.78. The Morgan fingerprint density at radius 2 is 1.75 bits per heavy atom. The molecule has 5 nitrogen and oxygen atoms in total. The Labute approximate surface area is 121 Å². The molecule has 0 saturated heterocycles. The van der Waals surface area contributed by atoms with Crippen LogP contribution in [0.3, 0.4) is 0 Å². The maximum Gasteiger partial charge on any atom is 0.123 e. The molecule has 2 N–H and O–H groups in total. The molecule has 0 saturated carbocycles. The third-order valence-corrected chi connectivity index (χ3v) is 2.99. The van der Waals surface area contributed by atoms with Gasteiger partial charge in [-0.05, 0) is 37.7 Å². The van der Waals surface area contributed by atoms with E-state index in [1.807, 2.05) is 18.2 Å². The van der Waals surface area contributed by atoms with Gasteiger partial charge < -0.3 is 24.8 Å². The van der Waals surface area contributed by atoms with E-state index in [2.05, 4.69) is 10.6 Å². The number of rotatable bonds is 11. The quantitative estimate of drug-likeness (QED) is 0.601. The van der Waals surface area contributed by atoms with Crippen LogP contribution in [0.15, 0.2) is 18.2 Å². The predicted octanol–water partition coefficient (Wildman–Crippen LogP) is 1.42. The normalized spacial score (nSPS) is 10.6. The van der Waals surface area contributed by atoms with Gasteiger partial charge in [0.25, 0.3) is 0 Å². The van der Waals surface area contributed by atoms with Crippen molar-refractivity contribution in [2.45, 2.75) is 13.0 Å². The first kappa shape index (κ1) is 16.8. The van der Waals surface area contributed by atoms with Crippen molar-refractivity contribution in [1.29, 1.82) is 0 Å². The Hall–Kier alpha value is -1.30. The van der Waals surface area contributed by atoms with Gasteiger partial charge in [-0.2, -0.15) is 0 Å². The van der Waals surface area contributed by atoms with E-state index in [0.717, 1.165) is 56.3 Å². The summed E-state index contributed by atoms with van der Waals surface area (Å²) >= 11 is 0. The standard InChI is InChI=1S/C15H26N2O3/c1-18-10-9-16-7-4-8-17-12-13-11-14(19-2)5-6-15(13)20-3/h5-6,11,16-17H,4,7-10,12H2,1-3H3. The zero-order valence-electron chi connectivity index (χ0n) is 12.7. The SMILES string of the molecule is COCCNCCCNCc1cc(OC)ccc1OC. The molecule has 0 atom stereocenters. The van der Waals surface area contributed by atoms with Crippen LogP contribution < -0.4 is 20.1 Å². The minimum absolute atomic E-state index is 0.758. The largest absolute Gasteiger partial charge is 0.497 e. The highest BCUT2D eigenvalue weighted by molar-refractivity contribution is 5.40. The maximum atomic E-state index is 5.35. The molecule has 5 heteroatoms. The molecule has 0 spiro atoms. The van der Waals surface area contributed by atoms with Crippen molar-refractivity contribution in [3.63, 3.8) is 0 Å². The topological polar surface area (TPSA) is 51.8 Å². The van der Waals surface area contributed by atoms with Crippen LogP contribution in [-0.4, -0.2) is 47.6 Å². The number of hydrogen-bond donors (Lipinski definition) is 2. The van der Waals surface area contributed by atoms with Crippen LogP contribution in [0.2, 0.25) is 0 Å². The molecule has 0 aliphatic heterocycles. The summed E-state index contributed by atoms with van der Waals surface area (Å²) in [6.07, 6.45) is 1.08. The van der Waals surface area contributed by atoms with E-state index in [1.54, 1.807) is 21.3 Å². The fourth-order valence-corrected chi connectivity index (χ4v) is 1.88. The van der Waals surface area contributed by atoms with Crippen LogP contribution in [-0.2, 0) is 11.3 Å². The van der Waals surface area contributed by atoms with Crippen LogP contribution in [0, 0.1) is 0 Å². The van der Waals surface area contributed by atoms with E-state index in [-0.39, 0.29) is 0 Å². The van der Waals surface area contributed by atoms with Crippen LogP contribution in [0.25, 0.3) is 0 Å². The third kappa shape index (κ3) is 6.23. The summed E-state index contributed by atoms with van der Waals surface area (Å²) in [5, 5.41) is 6.73. The highest BCUT2D eigenvalue weighted by Gasteiger charge is 2.04. The lowest BCUT2D eigenvalue weighted by Gasteiger charge is -2.11. The molecule has 0 aliphatic carbocycles. The molecule has 1 aromatic carbocycles. The molecule has 0 aromatic heterocycles. The average Bonchev–Trinajstić information content (AvgIpc) is 2.49. The van der Waals surface area contributed by atoms with Crippen molar-refractivity contribution in [3.8, 4) is 11.5 Å². The van der Waals surface area contributed by atoms with Crippen molar-refractivity contribution < 1.29 is 14.2 Å². The Morgan fingerprint density at radius 3 is 2.45 bits per heavy atom. The van der Waals surface area contributed by atoms with Crippen molar-refractivity contribution in [1.82, 2.24) is 10.6 Å². The van der Waals surface area contributed by atoms with Gasteiger partial charge in [0.1, 0.15) is 11.5 Å². The molecular formula is C15H26N2O3. The number of methoxy groups -OCH3 is 3. The molecule has 0 radical (unpaired) electrons. The smallest absolute Gasteiger partial charge is 0.123 e. The van der Waals surface area contributed by atoms with Gasteiger partial charge in [-0.3, -0.25) is 0 Å². The Balaban J connectivity index is 2.24. The van der Waals surface area contributed by atoms with E-state index in [4.69, 9.17) is 14.2 Å². The van der Waals surface area contributed by atoms with Gasteiger partial charge in [0.15, 0.2) is 0 Å². The lowest BCUT2D eigenvalue weighted by atomic mass is 10.2. The minimum atomic E-state index is 0.758. The first-order chi connectivity index (χ1) is 9.81. The van der Waals surface area contributed by atoms with Gasteiger partial charge in [-0.15, -0.1) is 0 Å². The molecule has 0 bridgehead atoms. The highest BCUT2D eigenvalue weighted by Crippen LogP contribution is 2.23. The highest BCUT2D eigenvalue weighted by atomic mass is 16.5. The maximum absolute atomic E-state index is 5.35. The lowest BCUT2D eigenvalue weighted by molar-refractivity contribution is 0.199. The Morgan fingerprint density at radius 1 is 0.950 bits per heavy atom. The molecule has 1 aromatic rings. The summed E-state index contributed by atoms with van der Waals surface area (Å²) in [5.41, 5.74) is 1.11. The number of ether oxygens (including phenoxy) is 3. The molecule has 0 heterocycles. The second-order valence-corrected chi connectivity index (χ2v) is 4.45. The predicted molar refractivity (Wildman–Crippen MR) is 80.6 cm³/mol. The number of nitrogens with one attached hydrogen (secondary N) is 2. The number of benzene rings is 1. The molecule has 0 amide bonds. The van der Waals surface area contributed by atoms with Gasteiger partial charge in [0, 0.05) is 25.8 Å². The zero-order valence-corrected chi connectivity index (χ0v) is 12.7. The fourth-order valence-electron chi connectivity index (χ4n) is 1.88. The molecule has 0 unspecified atom stereocenters. The molecule has 1 rings (SSSR count). The van der Waals surface area contributed by atoms with Crippen LogP contribution in [0.1, 0.15) is 12.0 Å². The van der Waals surface area contributed by atoms with E-state index in [9.17, 15) is 0 Å². The van der Waals surface area contributed by atoms with Gasteiger partial charge in [0.05, 0.1) is 20.8 Å². The van der Waals surface area contributed by atoms with Gasteiger partial charge in [0.2, 0.25) is 0 Å². The summed E-state index contributed by atoms with van der Waals surface area (Å²) in [5.74, 6) is 1.74. The van der Waals surface area contributed by atoms with E-state index >= 15 is 0 Å². The van der Waals surface area contributed by atoms with Crippen LogP contribution in [0.4, 0.5) is 0 Å².